The topological polar surface area (TPSA) is 93.8 Å². The van der Waals surface area contributed by atoms with Gasteiger partial charge in [0, 0.05) is 35.6 Å². The average Bonchev–Trinajstić information content (AvgIpc) is 2.87. The van der Waals surface area contributed by atoms with Gasteiger partial charge in [-0.2, -0.15) is 0 Å². The van der Waals surface area contributed by atoms with Gasteiger partial charge in [-0.15, -0.1) is 0 Å². The first kappa shape index (κ1) is 22.8. The van der Waals surface area contributed by atoms with Crippen LogP contribution in [-0.2, 0) is 13.1 Å². The molecule has 34 heavy (non-hydrogen) atoms. The van der Waals surface area contributed by atoms with Crippen molar-refractivity contribution in [2.45, 2.75) is 13.1 Å². The van der Waals surface area contributed by atoms with E-state index in [0.29, 0.717) is 28.4 Å². The van der Waals surface area contributed by atoms with Crippen LogP contribution in [-0.4, -0.2) is 42.1 Å². The summed E-state index contributed by atoms with van der Waals surface area (Å²) in [7, 11) is 4.49. The van der Waals surface area contributed by atoms with Crippen molar-refractivity contribution in [3.8, 4) is 17.2 Å². The van der Waals surface area contributed by atoms with Gasteiger partial charge in [-0.1, -0.05) is 24.3 Å². The van der Waals surface area contributed by atoms with Crippen LogP contribution < -0.4 is 19.8 Å². The van der Waals surface area contributed by atoms with Crippen LogP contribution in [0.25, 0.3) is 10.9 Å². The fraction of sp³-hybridized carbons (Fsp3) is 0.192. The van der Waals surface area contributed by atoms with Crippen LogP contribution in [0.15, 0.2) is 71.8 Å². The third-order valence-electron chi connectivity index (χ3n) is 5.49. The molecule has 0 aliphatic heterocycles. The van der Waals surface area contributed by atoms with Crippen molar-refractivity contribution in [3.63, 3.8) is 0 Å². The number of carbonyl (C=O) groups is 1. The molecular weight excluding hydrogens is 434 g/mol. The van der Waals surface area contributed by atoms with E-state index in [1.165, 1.54) is 21.3 Å². The number of ether oxygens (including phenoxy) is 3. The van der Waals surface area contributed by atoms with E-state index in [1.807, 2.05) is 36.4 Å². The molecular formula is C26H25N3O5. The summed E-state index contributed by atoms with van der Waals surface area (Å²) in [6, 6.07) is 16.2. The number of methoxy groups -OCH3 is 3. The minimum atomic E-state index is -0.296. The Bertz CT molecular complexity index is 1340. The van der Waals surface area contributed by atoms with Crippen molar-refractivity contribution in [3.05, 3.63) is 94.0 Å². The van der Waals surface area contributed by atoms with Gasteiger partial charge in [0.2, 0.25) is 5.75 Å². The average molecular weight is 460 g/mol. The van der Waals surface area contributed by atoms with Crippen LogP contribution in [0, 0.1) is 0 Å². The Balaban J connectivity index is 1.76. The van der Waals surface area contributed by atoms with E-state index in [2.05, 4.69) is 9.97 Å². The number of rotatable bonds is 8. The fourth-order valence-electron chi connectivity index (χ4n) is 3.81. The standard InChI is InChI=1S/C26H25N3O5/c1-32-22-12-19(13-23(33-2)24(22)34-3)26(31)29(15-17-7-6-10-27-14-17)16-20-11-18-8-4-5-9-21(18)28-25(20)30/h4-14H,15-16H2,1-3H3,(H,28,30). The quantitative estimate of drug-likeness (QED) is 0.431. The SMILES string of the molecule is COc1cc(C(=O)N(Cc2cccnc2)Cc2cc3ccccc3[nH]c2=O)cc(OC)c1OC. The number of hydrogen-bond acceptors (Lipinski definition) is 6. The van der Waals surface area contributed by atoms with E-state index in [4.69, 9.17) is 14.2 Å². The number of aromatic amines is 1. The summed E-state index contributed by atoms with van der Waals surface area (Å²) in [5.74, 6) is 0.840. The molecule has 0 aliphatic rings. The smallest absolute Gasteiger partial charge is 0.254 e. The highest BCUT2D eigenvalue weighted by atomic mass is 16.5. The lowest BCUT2D eigenvalue weighted by molar-refractivity contribution is 0.0728. The summed E-state index contributed by atoms with van der Waals surface area (Å²) in [6.07, 6.45) is 3.36. The molecule has 2 heterocycles. The van der Waals surface area contributed by atoms with Gasteiger partial charge in [0.25, 0.3) is 11.5 Å². The molecule has 8 heteroatoms. The summed E-state index contributed by atoms with van der Waals surface area (Å²) in [5, 5.41) is 0.888. The lowest BCUT2D eigenvalue weighted by atomic mass is 10.1. The van der Waals surface area contributed by atoms with Gasteiger partial charge in [0.1, 0.15) is 0 Å². The van der Waals surface area contributed by atoms with Crippen molar-refractivity contribution in [1.82, 2.24) is 14.9 Å². The highest BCUT2D eigenvalue weighted by Gasteiger charge is 2.23. The fourth-order valence-corrected chi connectivity index (χ4v) is 3.81. The zero-order chi connectivity index (χ0) is 24.1. The molecule has 1 amide bonds. The summed E-state index contributed by atoms with van der Waals surface area (Å²) in [6.45, 7) is 0.361. The first-order chi connectivity index (χ1) is 16.5. The Kier molecular flexibility index (Phi) is 6.77. The van der Waals surface area contributed by atoms with Gasteiger partial charge in [0.05, 0.1) is 27.9 Å². The molecule has 0 unspecified atom stereocenters. The van der Waals surface area contributed by atoms with E-state index in [0.717, 1.165) is 16.5 Å². The van der Waals surface area contributed by atoms with Crippen LogP contribution in [0.3, 0.4) is 0 Å². The maximum atomic E-state index is 13.7. The maximum absolute atomic E-state index is 13.7. The van der Waals surface area contributed by atoms with Crippen LogP contribution in [0.2, 0.25) is 0 Å². The summed E-state index contributed by atoms with van der Waals surface area (Å²) in [5.41, 5.74) is 2.15. The molecule has 8 nitrogen and oxygen atoms in total. The van der Waals surface area contributed by atoms with Crippen molar-refractivity contribution in [2.75, 3.05) is 21.3 Å². The van der Waals surface area contributed by atoms with Gasteiger partial charge in [-0.05, 0) is 41.3 Å². The normalized spacial score (nSPS) is 10.7. The molecule has 2 aromatic carbocycles. The lowest BCUT2D eigenvalue weighted by Crippen LogP contribution is -2.32. The monoisotopic (exact) mass is 459 g/mol. The molecule has 0 saturated carbocycles. The summed E-state index contributed by atoms with van der Waals surface area (Å²) in [4.78, 5) is 35.1. The second kappa shape index (κ2) is 10.1. The highest BCUT2D eigenvalue weighted by Crippen LogP contribution is 2.38. The summed E-state index contributed by atoms with van der Waals surface area (Å²) < 4.78 is 16.2. The zero-order valence-corrected chi connectivity index (χ0v) is 19.2. The molecule has 4 aromatic rings. The van der Waals surface area contributed by atoms with E-state index < -0.39 is 0 Å². The van der Waals surface area contributed by atoms with E-state index in [1.54, 1.807) is 35.5 Å². The number of H-pyrrole nitrogens is 1. The third-order valence-corrected chi connectivity index (χ3v) is 5.49. The number of benzene rings is 2. The molecule has 4 rings (SSSR count). The molecule has 0 aliphatic carbocycles. The molecule has 174 valence electrons. The Hall–Kier alpha value is -4.33. The number of pyridine rings is 2. The first-order valence-corrected chi connectivity index (χ1v) is 10.6. The molecule has 0 radical (unpaired) electrons. The number of nitrogens with one attached hydrogen (secondary N) is 1. The minimum absolute atomic E-state index is 0.102. The van der Waals surface area contributed by atoms with Crippen molar-refractivity contribution in [1.29, 1.82) is 0 Å². The van der Waals surface area contributed by atoms with E-state index in [9.17, 15) is 9.59 Å². The molecule has 0 spiro atoms. The largest absolute Gasteiger partial charge is 0.493 e. The number of fused-ring (bicyclic) bond motifs is 1. The Morgan fingerprint density at radius 1 is 0.941 bits per heavy atom. The van der Waals surface area contributed by atoms with Gasteiger partial charge in [0.15, 0.2) is 11.5 Å². The summed E-state index contributed by atoms with van der Waals surface area (Å²) >= 11 is 0. The molecule has 0 saturated heterocycles. The Morgan fingerprint density at radius 3 is 2.32 bits per heavy atom. The second-order valence-corrected chi connectivity index (χ2v) is 7.65. The minimum Gasteiger partial charge on any atom is -0.493 e. The van der Waals surface area contributed by atoms with Crippen molar-refractivity contribution >= 4 is 16.8 Å². The van der Waals surface area contributed by atoms with Crippen molar-refractivity contribution in [2.24, 2.45) is 0 Å². The van der Waals surface area contributed by atoms with E-state index >= 15 is 0 Å². The number of nitrogens with zero attached hydrogens (tertiary/aromatic N) is 2. The lowest BCUT2D eigenvalue weighted by Gasteiger charge is -2.24. The number of aromatic nitrogens is 2. The molecule has 0 atom stereocenters. The predicted octanol–water partition coefficient (Wildman–Crippen LogP) is 3.79. The van der Waals surface area contributed by atoms with Crippen LogP contribution in [0.4, 0.5) is 0 Å². The van der Waals surface area contributed by atoms with Gasteiger partial charge < -0.3 is 24.1 Å². The van der Waals surface area contributed by atoms with Gasteiger partial charge in [-0.25, -0.2) is 0 Å². The number of hydrogen-bond donors (Lipinski definition) is 1. The number of para-hydroxylation sites is 1. The van der Waals surface area contributed by atoms with Crippen LogP contribution in [0.1, 0.15) is 21.5 Å². The van der Waals surface area contributed by atoms with Crippen molar-refractivity contribution < 1.29 is 19.0 Å². The Labute approximate surface area is 196 Å². The molecule has 1 N–H and O–H groups in total. The van der Waals surface area contributed by atoms with Gasteiger partial charge >= 0.3 is 0 Å². The Morgan fingerprint density at radius 2 is 1.68 bits per heavy atom. The zero-order valence-electron chi connectivity index (χ0n) is 19.2. The third kappa shape index (κ3) is 4.71. The molecule has 2 aromatic heterocycles. The maximum Gasteiger partial charge on any atom is 0.254 e. The van der Waals surface area contributed by atoms with Crippen LogP contribution >= 0.6 is 0 Å². The predicted molar refractivity (Wildman–Crippen MR) is 128 cm³/mol. The number of carbonyl (C=O) groups excluding carboxylic acids is 1. The number of amides is 1. The molecule has 0 bridgehead atoms. The highest BCUT2D eigenvalue weighted by molar-refractivity contribution is 5.95. The first-order valence-electron chi connectivity index (χ1n) is 10.6. The van der Waals surface area contributed by atoms with E-state index in [-0.39, 0.29) is 24.6 Å². The van der Waals surface area contributed by atoms with Gasteiger partial charge in [-0.3, -0.25) is 14.6 Å². The second-order valence-electron chi connectivity index (χ2n) is 7.65. The molecule has 0 fully saturated rings. The van der Waals surface area contributed by atoms with Crippen LogP contribution in [0.5, 0.6) is 17.2 Å².